The van der Waals surface area contributed by atoms with E-state index in [4.69, 9.17) is 12.3 Å². The maximum absolute atomic E-state index is 7.65. The van der Waals surface area contributed by atoms with E-state index in [1.54, 1.807) is 18.3 Å². The Hall–Kier alpha value is -9.78. The molecule has 0 N–H and O–H groups in total. The van der Waals surface area contributed by atoms with Gasteiger partial charge < -0.3 is 0 Å². The van der Waals surface area contributed by atoms with Crippen LogP contribution in [0, 0.1) is 166 Å². The molecule has 0 bridgehead atoms. The Morgan fingerprint density at radius 3 is 0.804 bits per heavy atom. The smallest absolute Gasteiger partial charge is 0.201 e. The second-order valence-electron chi connectivity index (χ2n) is 28.2. The molecule has 6 aromatic heterocycles. The van der Waals surface area contributed by atoms with Crippen LogP contribution in [-0.4, -0.2) is 0 Å². The zero-order valence-corrected chi connectivity index (χ0v) is 66.5. The summed E-state index contributed by atoms with van der Waals surface area (Å²) >= 11 is 0. The molecule has 0 amide bonds. The van der Waals surface area contributed by atoms with E-state index >= 15 is 0 Å². The number of hydrogen-bond donors (Lipinski definition) is 0. The Kier molecular flexibility index (Phi) is 22.7. The van der Waals surface area contributed by atoms with Crippen molar-refractivity contribution in [3.05, 3.63) is 316 Å². The number of aryl methyl sites for hydroxylation is 21. The summed E-state index contributed by atoms with van der Waals surface area (Å²) in [6.45, 7) is 37.8. The van der Waals surface area contributed by atoms with Crippen LogP contribution in [-0.2, 0) is 42.3 Å². The second-order valence-corrected chi connectivity index (χ2v) is 28.2. The molecule has 0 aliphatic carbocycles. The first-order valence-electron chi connectivity index (χ1n) is 40.0. The van der Waals surface area contributed by atoms with Gasteiger partial charge in [-0.05, 0) is 259 Å². The number of rotatable bonds is 6. The fourth-order valence-electron chi connectivity index (χ4n) is 13.4. The second kappa shape index (κ2) is 34.7. The van der Waals surface area contributed by atoms with Crippen molar-refractivity contribution in [1.29, 1.82) is 0 Å². The molecule has 6 heterocycles. The first-order chi connectivity index (χ1) is 51.7. The lowest BCUT2D eigenvalue weighted by molar-refractivity contribution is -0.667. The maximum atomic E-state index is 7.65. The van der Waals surface area contributed by atoms with Gasteiger partial charge in [-0.3, -0.25) is 0 Å². The number of benzene rings is 6. The predicted molar refractivity (Wildman–Crippen MR) is 432 cm³/mol. The van der Waals surface area contributed by atoms with Crippen LogP contribution in [0.15, 0.2) is 182 Å². The van der Waals surface area contributed by atoms with Crippen molar-refractivity contribution in [2.75, 3.05) is 0 Å². The molecule has 0 spiro atoms. The molecule has 102 heavy (non-hydrogen) atoms. The fourth-order valence-corrected chi connectivity index (χ4v) is 13.4. The van der Waals surface area contributed by atoms with Crippen LogP contribution in [0.3, 0.4) is 0 Å². The average molecular weight is 1370 g/mol. The number of pyridine rings is 6. The molecular formula is C96H120N6+6. The Labute approximate surface area is 628 Å². The highest BCUT2D eigenvalue weighted by Gasteiger charge is 2.24. The minimum absolute atomic E-state index is 0.412. The molecule has 6 aromatic carbocycles. The van der Waals surface area contributed by atoms with Gasteiger partial charge in [-0.15, -0.1) is 0 Å². The summed E-state index contributed by atoms with van der Waals surface area (Å²) in [4.78, 5) is 0. The molecule has 0 radical (unpaired) electrons. The summed E-state index contributed by atoms with van der Waals surface area (Å²) in [5, 5.41) is 0. The highest BCUT2D eigenvalue weighted by molar-refractivity contribution is 5.70. The van der Waals surface area contributed by atoms with E-state index in [1.807, 2.05) is 96.7 Å². The minimum Gasteiger partial charge on any atom is -0.201 e. The Morgan fingerprint density at radius 2 is 0.500 bits per heavy atom. The molecule has 0 saturated carbocycles. The average Bonchev–Trinajstić information content (AvgIpc) is 0.792. The Balaban J connectivity index is 0.000000185. The van der Waals surface area contributed by atoms with Crippen LogP contribution in [0.1, 0.15) is 147 Å². The molecule has 0 saturated heterocycles. The molecule has 0 aliphatic rings. The first-order valence-corrected chi connectivity index (χ1v) is 35.5. The summed E-state index contributed by atoms with van der Waals surface area (Å²) in [7, 11) is 12.3. The van der Waals surface area contributed by atoms with E-state index in [2.05, 4.69) is 282 Å². The van der Waals surface area contributed by atoms with E-state index < -0.39 is 20.6 Å². The summed E-state index contributed by atoms with van der Waals surface area (Å²) in [6.07, 6.45) is 1.73. The van der Waals surface area contributed by atoms with E-state index in [0.29, 0.717) is 16.7 Å². The minimum atomic E-state index is -2.07. The molecule has 12 rings (SSSR count). The van der Waals surface area contributed by atoms with Crippen molar-refractivity contribution in [3.63, 3.8) is 0 Å². The summed E-state index contributed by atoms with van der Waals surface area (Å²) in [5.41, 5.74) is 41.0. The normalized spacial score (nSPS) is 12.3. The third-order valence-corrected chi connectivity index (χ3v) is 20.8. The monoisotopic (exact) mass is 1370 g/mol. The molecule has 0 aliphatic heterocycles. The largest absolute Gasteiger partial charge is 0.215 e. The van der Waals surface area contributed by atoms with E-state index in [-0.39, 0.29) is 0 Å². The van der Waals surface area contributed by atoms with Crippen molar-refractivity contribution < 1.29 is 39.7 Å². The van der Waals surface area contributed by atoms with Gasteiger partial charge in [0.2, 0.25) is 34.2 Å². The fraction of sp³-hybridized carbons (Fsp3) is 0.312. The summed E-state index contributed by atoms with van der Waals surface area (Å²) in [6, 6.07) is 60.3. The highest BCUT2D eigenvalue weighted by Crippen LogP contribution is 2.31. The lowest BCUT2D eigenvalue weighted by Crippen LogP contribution is -2.35. The van der Waals surface area contributed by atoms with Crippen LogP contribution >= 0.6 is 0 Å². The van der Waals surface area contributed by atoms with Crippen LogP contribution < -0.4 is 27.4 Å². The zero-order chi connectivity index (χ0) is 83.0. The van der Waals surface area contributed by atoms with Gasteiger partial charge in [0.15, 0.2) is 34.7 Å². The maximum Gasteiger partial charge on any atom is 0.215 e. The molecule has 6 nitrogen and oxygen atoms in total. The van der Waals surface area contributed by atoms with Gasteiger partial charge in [-0.25, -0.2) is 4.57 Å². The first kappa shape index (κ1) is 66.8. The van der Waals surface area contributed by atoms with Crippen molar-refractivity contribution in [3.8, 4) is 67.5 Å². The quantitative estimate of drug-likeness (QED) is 0.148. The van der Waals surface area contributed by atoms with Gasteiger partial charge in [-0.1, -0.05) is 84.4 Å². The lowest BCUT2D eigenvalue weighted by atomic mass is 9.97. The van der Waals surface area contributed by atoms with Crippen LogP contribution in [0.2, 0.25) is 0 Å². The number of nitrogens with zero attached hydrogens (tertiary/aromatic N) is 6. The summed E-state index contributed by atoms with van der Waals surface area (Å²) in [5.74, 6) is 0. The molecular weight excluding hydrogens is 1240 g/mol. The molecule has 528 valence electrons. The van der Waals surface area contributed by atoms with Crippen molar-refractivity contribution >= 4 is 0 Å². The number of aromatic nitrogens is 6. The molecule has 0 fully saturated rings. The van der Waals surface area contributed by atoms with Gasteiger partial charge in [0.25, 0.3) is 0 Å². The topological polar surface area (TPSA) is 23.3 Å². The Morgan fingerprint density at radius 1 is 0.225 bits per heavy atom. The van der Waals surface area contributed by atoms with Crippen LogP contribution in [0.4, 0.5) is 0 Å². The zero-order valence-electron chi connectivity index (χ0n) is 75.5. The standard InChI is InChI=1S/6C16H20N/c1-11-6-9-15(13(3)10-11)16-12(2)7-8-14(4)17(16)5;1-11-7-6-8-12(2)16(11)15-9-13(3)14(4)10-17(15)5;4*1-11-7-6-8-15(14(11)4)16-12(2)9-10-13(3)17(16)5/h6*6-10H,1-5H3/q6*+1/i;4D3;2*1D3;;. The molecule has 0 atom stereocenters. The van der Waals surface area contributed by atoms with Crippen LogP contribution in [0.5, 0.6) is 0 Å². The van der Waals surface area contributed by atoms with Gasteiger partial charge >= 0.3 is 0 Å². The van der Waals surface area contributed by atoms with Gasteiger partial charge in [0.05, 0.1) is 5.56 Å². The van der Waals surface area contributed by atoms with Crippen LogP contribution in [0.25, 0.3) is 67.5 Å². The molecule has 12 aromatic rings. The third-order valence-electron chi connectivity index (χ3n) is 20.8. The van der Waals surface area contributed by atoms with Gasteiger partial charge in [0, 0.05) is 145 Å². The van der Waals surface area contributed by atoms with Crippen molar-refractivity contribution in [2.45, 2.75) is 166 Å². The molecule has 6 heteroatoms. The lowest BCUT2D eigenvalue weighted by Gasteiger charge is -2.10. The Bertz CT molecular complexity index is 5160. The highest BCUT2D eigenvalue weighted by atomic mass is 15.0. The SMILES string of the molecule is Cc1ccc(-c2c(C)ccc(C)[n+]2C)c(C)c1.Cc1cccc(-c2c(C)ccc(C)[n+]2C)c1C.Cc1cccc(-c2c(C)ccc(C)[n+]2C)c1C.[2H]C([2H])([2H])c1c[n+](C)c(-c2c(C)cccc2C)cc1C.[2H]C([2H])([2H])c1cccc(-c2c(C)ccc(C)[n+]2C)c1C.[2H]C([2H])([2H])c1cccc(-c2c(C)ccc(C)[n+]2C)c1C. The van der Waals surface area contributed by atoms with Gasteiger partial charge in [0.1, 0.15) is 42.3 Å². The van der Waals surface area contributed by atoms with Gasteiger partial charge in [-0.2, -0.15) is 22.8 Å². The summed E-state index contributed by atoms with van der Waals surface area (Å²) < 4.78 is 81.6. The molecule has 0 unspecified atom stereocenters. The van der Waals surface area contributed by atoms with E-state index in [9.17, 15) is 0 Å². The number of hydrogen-bond acceptors (Lipinski definition) is 0. The van der Waals surface area contributed by atoms with Crippen molar-refractivity contribution in [2.24, 2.45) is 42.3 Å². The third kappa shape index (κ3) is 18.3. The van der Waals surface area contributed by atoms with E-state index in [1.165, 1.54) is 118 Å². The van der Waals surface area contributed by atoms with Crippen molar-refractivity contribution in [1.82, 2.24) is 0 Å². The predicted octanol–water partition coefficient (Wildman–Crippen LogP) is 20.5. The van der Waals surface area contributed by atoms with E-state index in [0.717, 1.165) is 67.4 Å².